The molecule has 1 fully saturated rings. The highest BCUT2D eigenvalue weighted by atomic mass is 35.5. The number of aromatic nitrogens is 1. The predicted octanol–water partition coefficient (Wildman–Crippen LogP) is 3.30. The molecule has 8 nitrogen and oxygen atoms in total. The summed E-state index contributed by atoms with van der Waals surface area (Å²) in [4.78, 5) is 49.2. The van der Waals surface area contributed by atoms with E-state index in [0.29, 0.717) is 10.7 Å². The molecule has 1 aromatic heterocycles. The molecule has 10 heteroatoms. The Hall–Kier alpha value is -3.98. The second-order valence-electron chi connectivity index (χ2n) is 7.56. The van der Waals surface area contributed by atoms with Crippen molar-refractivity contribution in [3.05, 3.63) is 88.1 Å². The van der Waals surface area contributed by atoms with E-state index in [-0.39, 0.29) is 23.4 Å². The van der Waals surface area contributed by atoms with E-state index in [2.05, 4.69) is 10.6 Å². The molecule has 168 valence electrons. The minimum absolute atomic E-state index is 0.229. The standard InChI is InChI=1S/C23H17ClFN3O5/c24-13-4-6-14(7-5-13)26-20(30)16-12-23(16,22(32)33)21(31)27-18-9-8-15(11-17(18)25)28-10-2-1-3-19(28)29/h1-11,16H,12H2,(H,26,30)(H,27,31)(H,32,33). The lowest BCUT2D eigenvalue weighted by atomic mass is 10.0. The van der Waals surface area contributed by atoms with Crippen LogP contribution < -0.4 is 16.2 Å². The van der Waals surface area contributed by atoms with Gasteiger partial charge in [0.05, 0.1) is 17.3 Å². The minimum atomic E-state index is -2.02. The monoisotopic (exact) mass is 469 g/mol. The largest absolute Gasteiger partial charge is 0.480 e. The summed E-state index contributed by atoms with van der Waals surface area (Å²) in [7, 11) is 0. The van der Waals surface area contributed by atoms with E-state index in [1.54, 1.807) is 36.4 Å². The van der Waals surface area contributed by atoms with E-state index in [9.17, 15) is 28.7 Å². The Balaban J connectivity index is 1.51. The average Bonchev–Trinajstić information content (AvgIpc) is 3.55. The third kappa shape index (κ3) is 4.22. The second-order valence-corrected chi connectivity index (χ2v) is 7.99. The molecule has 33 heavy (non-hydrogen) atoms. The molecule has 0 spiro atoms. The molecule has 2 aromatic carbocycles. The van der Waals surface area contributed by atoms with Crippen LogP contribution in [0.25, 0.3) is 5.69 Å². The number of aliphatic carboxylic acids is 1. The molecule has 1 aliphatic rings. The third-order valence-corrected chi connectivity index (χ3v) is 5.73. The van der Waals surface area contributed by atoms with Crippen LogP contribution in [-0.2, 0) is 14.4 Å². The highest BCUT2D eigenvalue weighted by Gasteiger charge is 2.69. The predicted molar refractivity (Wildman–Crippen MR) is 119 cm³/mol. The number of hydrogen-bond acceptors (Lipinski definition) is 4. The van der Waals surface area contributed by atoms with Crippen LogP contribution in [0.1, 0.15) is 6.42 Å². The van der Waals surface area contributed by atoms with E-state index < -0.39 is 34.9 Å². The smallest absolute Gasteiger partial charge is 0.320 e. The third-order valence-electron chi connectivity index (χ3n) is 5.48. The minimum Gasteiger partial charge on any atom is -0.480 e. The van der Waals surface area contributed by atoms with Gasteiger partial charge in [-0.3, -0.25) is 23.7 Å². The van der Waals surface area contributed by atoms with Crippen LogP contribution >= 0.6 is 11.6 Å². The van der Waals surface area contributed by atoms with Gasteiger partial charge in [0.1, 0.15) is 5.82 Å². The number of benzene rings is 2. The quantitative estimate of drug-likeness (QED) is 0.479. The number of carboxylic acids is 1. The molecular formula is C23H17ClFN3O5. The number of carbonyl (C=O) groups is 3. The molecule has 1 heterocycles. The zero-order chi connectivity index (χ0) is 23.8. The molecule has 0 saturated heterocycles. The lowest BCUT2D eigenvalue weighted by Gasteiger charge is -2.14. The molecule has 3 N–H and O–H groups in total. The van der Waals surface area contributed by atoms with Gasteiger partial charge in [0.25, 0.3) is 5.56 Å². The molecule has 2 unspecified atom stereocenters. The number of nitrogens with zero attached hydrogens (tertiary/aromatic N) is 1. The number of amides is 2. The number of pyridine rings is 1. The van der Waals surface area contributed by atoms with Crippen LogP contribution in [0.5, 0.6) is 0 Å². The molecule has 2 amide bonds. The Morgan fingerprint density at radius 1 is 1.06 bits per heavy atom. The van der Waals surface area contributed by atoms with Crippen LogP contribution in [0, 0.1) is 17.2 Å². The summed E-state index contributed by atoms with van der Waals surface area (Å²) in [6.45, 7) is 0. The summed E-state index contributed by atoms with van der Waals surface area (Å²) in [6, 6.07) is 14.3. The van der Waals surface area contributed by atoms with Crippen molar-refractivity contribution in [1.29, 1.82) is 0 Å². The van der Waals surface area contributed by atoms with Gasteiger partial charge in [0.2, 0.25) is 11.8 Å². The van der Waals surface area contributed by atoms with Gasteiger partial charge < -0.3 is 15.7 Å². The molecule has 0 aliphatic heterocycles. The van der Waals surface area contributed by atoms with Crippen molar-refractivity contribution >= 4 is 40.8 Å². The van der Waals surface area contributed by atoms with Crippen LogP contribution in [0.3, 0.4) is 0 Å². The average molecular weight is 470 g/mol. The van der Waals surface area contributed by atoms with Crippen LogP contribution in [0.15, 0.2) is 71.7 Å². The number of rotatable bonds is 6. The van der Waals surface area contributed by atoms with Crippen LogP contribution in [0.4, 0.5) is 15.8 Å². The summed E-state index contributed by atoms with van der Waals surface area (Å²) in [5, 5.41) is 15.0. The molecule has 0 radical (unpaired) electrons. The van der Waals surface area contributed by atoms with Gasteiger partial charge in [0.15, 0.2) is 5.41 Å². The Morgan fingerprint density at radius 2 is 1.79 bits per heavy atom. The zero-order valence-electron chi connectivity index (χ0n) is 16.9. The Labute approximate surface area is 191 Å². The van der Waals surface area contributed by atoms with Gasteiger partial charge >= 0.3 is 5.97 Å². The normalized spacial score (nSPS) is 18.9. The number of hydrogen-bond donors (Lipinski definition) is 3. The maximum absolute atomic E-state index is 14.6. The molecule has 0 bridgehead atoms. The maximum atomic E-state index is 14.6. The van der Waals surface area contributed by atoms with E-state index in [1.807, 2.05) is 0 Å². The first-order valence-corrected chi connectivity index (χ1v) is 10.2. The van der Waals surface area contributed by atoms with Gasteiger partial charge in [-0.05, 0) is 48.9 Å². The van der Waals surface area contributed by atoms with Gasteiger partial charge in [-0.1, -0.05) is 17.7 Å². The highest BCUT2D eigenvalue weighted by Crippen LogP contribution is 2.54. The molecule has 3 aromatic rings. The van der Waals surface area contributed by atoms with Crippen molar-refractivity contribution in [1.82, 2.24) is 4.57 Å². The Bertz CT molecular complexity index is 1320. The lowest BCUT2D eigenvalue weighted by molar-refractivity contribution is -0.149. The van der Waals surface area contributed by atoms with Crippen LogP contribution in [0.2, 0.25) is 5.02 Å². The SMILES string of the molecule is O=C(Nc1ccc(Cl)cc1)C1CC1(C(=O)O)C(=O)Nc1ccc(-n2ccccc2=O)cc1F. The zero-order valence-corrected chi connectivity index (χ0v) is 17.7. The number of anilines is 2. The van der Waals surface area contributed by atoms with E-state index in [4.69, 9.17) is 11.6 Å². The van der Waals surface area contributed by atoms with Gasteiger partial charge in [0, 0.05) is 29.0 Å². The number of carboxylic acid groups (broad SMARTS) is 1. The van der Waals surface area contributed by atoms with Crippen LogP contribution in [-0.4, -0.2) is 27.5 Å². The van der Waals surface area contributed by atoms with Crippen molar-refractivity contribution in [2.45, 2.75) is 6.42 Å². The van der Waals surface area contributed by atoms with E-state index in [1.165, 1.54) is 29.0 Å². The van der Waals surface area contributed by atoms with Gasteiger partial charge in [-0.2, -0.15) is 0 Å². The first kappa shape index (κ1) is 22.2. The summed E-state index contributed by atoms with van der Waals surface area (Å²) < 4.78 is 15.9. The number of nitrogens with one attached hydrogen (secondary N) is 2. The lowest BCUT2D eigenvalue weighted by Crippen LogP contribution is -2.36. The first-order chi connectivity index (χ1) is 15.7. The summed E-state index contributed by atoms with van der Waals surface area (Å²) in [5.74, 6) is -5.12. The van der Waals surface area contributed by atoms with Crippen molar-refractivity contribution in [3.8, 4) is 5.69 Å². The van der Waals surface area contributed by atoms with Crippen molar-refractivity contribution in [3.63, 3.8) is 0 Å². The molecular weight excluding hydrogens is 453 g/mol. The summed E-state index contributed by atoms with van der Waals surface area (Å²) in [6.07, 6.45) is 1.23. The Morgan fingerprint density at radius 3 is 2.42 bits per heavy atom. The van der Waals surface area contributed by atoms with Crippen molar-refractivity contribution in [2.24, 2.45) is 11.3 Å². The molecule has 1 saturated carbocycles. The summed E-state index contributed by atoms with van der Waals surface area (Å²) >= 11 is 5.80. The van der Waals surface area contributed by atoms with Gasteiger partial charge in [-0.15, -0.1) is 0 Å². The highest BCUT2D eigenvalue weighted by molar-refractivity contribution is 6.30. The van der Waals surface area contributed by atoms with E-state index in [0.717, 1.165) is 6.07 Å². The van der Waals surface area contributed by atoms with Gasteiger partial charge in [-0.25, -0.2) is 4.39 Å². The molecule has 1 aliphatic carbocycles. The Kier molecular flexibility index (Phi) is 5.73. The first-order valence-electron chi connectivity index (χ1n) is 9.81. The fourth-order valence-electron chi connectivity index (χ4n) is 3.56. The fourth-order valence-corrected chi connectivity index (χ4v) is 3.68. The topological polar surface area (TPSA) is 118 Å². The molecule has 2 atom stereocenters. The second kappa shape index (κ2) is 8.51. The number of carbonyl (C=O) groups excluding carboxylic acids is 2. The van der Waals surface area contributed by atoms with E-state index >= 15 is 0 Å². The van der Waals surface area contributed by atoms with Crippen molar-refractivity contribution < 1.29 is 23.9 Å². The summed E-state index contributed by atoms with van der Waals surface area (Å²) in [5.41, 5.74) is -2.02. The number of halogens is 2. The van der Waals surface area contributed by atoms with Crippen molar-refractivity contribution in [2.75, 3.05) is 10.6 Å². The maximum Gasteiger partial charge on any atom is 0.320 e. The fraction of sp³-hybridized carbons (Fsp3) is 0.130. The molecule has 4 rings (SSSR count).